The second-order valence-electron chi connectivity index (χ2n) is 7.67. The number of carboxylic acid groups (broad SMARTS) is 1. The molecule has 0 unspecified atom stereocenters. The summed E-state index contributed by atoms with van der Waals surface area (Å²) in [4.78, 5) is 23.5. The lowest BCUT2D eigenvalue weighted by Crippen LogP contribution is -2.23. The molecule has 6 heteroatoms. The van der Waals surface area contributed by atoms with Gasteiger partial charge in [-0.05, 0) is 49.5 Å². The Hall–Kier alpha value is -3.15. The number of carbonyl (C=O) groups excluding carboxylic acids is 1. The maximum absolute atomic E-state index is 12.3. The van der Waals surface area contributed by atoms with Crippen LogP contribution in [-0.4, -0.2) is 26.8 Å². The molecule has 2 N–H and O–H groups in total. The highest BCUT2D eigenvalue weighted by Crippen LogP contribution is 2.26. The highest BCUT2D eigenvalue weighted by molar-refractivity contribution is 5.95. The summed E-state index contributed by atoms with van der Waals surface area (Å²) in [5.41, 5.74) is 5.32. The van der Waals surface area contributed by atoms with Gasteiger partial charge in [0.05, 0.1) is 18.7 Å². The van der Waals surface area contributed by atoms with Crippen molar-refractivity contribution in [3.05, 3.63) is 76.3 Å². The molecular weight excluding hydrogens is 366 g/mol. The molecule has 0 radical (unpaired) electrons. The number of nitrogens with zero attached hydrogens (tertiary/aromatic N) is 2. The molecule has 1 aromatic heterocycles. The topological polar surface area (TPSA) is 84.2 Å². The lowest BCUT2D eigenvalue weighted by Gasteiger charge is -2.18. The number of carbonyl (C=O) groups is 2. The fourth-order valence-corrected chi connectivity index (χ4v) is 3.69. The molecule has 0 aliphatic heterocycles. The third-order valence-corrected chi connectivity index (χ3v) is 5.07. The van der Waals surface area contributed by atoms with Crippen LogP contribution in [0.5, 0.6) is 0 Å². The van der Waals surface area contributed by atoms with Crippen molar-refractivity contribution in [3.63, 3.8) is 0 Å². The van der Waals surface area contributed by atoms with E-state index in [1.54, 1.807) is 12.1 Å². The van der Waals surface area contributed by atoms with E-state index >= 15 is 0 Å². The molecule has 6 nitrogen and oxygen atoms in total. The Morgan fingerprint density at radius 2 is 1.90 bits per heavy atom. The van der Waals surface area contributed by atoms with E-state index in [4.69, 9.17) is 0 Å². The Bertz CT molecular complexity index is 969. The van der Waals surface area contributed by atoms with Gasteiger partial charge in [-0.15, -0.1) is 0 Å². The first-order valence-corrected chi connectivity index (χ1v) is 9.88. The molecule has 1 aliphatic rings. The molecule has 1 heterocycles. The van der Waals surface area contributed by atoms with Crippen LogP contribution in [0, 0.1) is 6.92 Å². The van der Waals surface area contributed by atoms with E-state index in [1.807, 2.05) is 42.0 Å². The van der Waals surface area contributed by atoms with Crippen LogP contribution in [0.15, 0.2) is 53.8 Å². The van der Waals surface area contributed by atoms with Crippen molar-refractivity contribution in [2.24, 2.45) is 0 Å². The van der Waals surface area contributed by atoms with Crippen LogP contribution >= 0.6 is 0 Å². The highest BCUT2D eigenvalue weighted by Gasteiger charge is 2.21. The molecule has 0 saturated carbocycles. The summed E-state index contributed by atoms with van der Waals surface area (Å²) in [6.07, 6.45) is 5.55. The average molecular weight is 393 g/mol. The fourth-order valence-electron chi connectivity index (χ4n) is 3.69. The normalized spacial score (nSPS) is 13.8. The number of amides is 1. The number of aromatic nitrogens is 2. The predicted molar refractivity (Wildman–Crippen MR) is 112 cm³/mol. The minimum absolute atomic E-state index is 0.00599. The van der Waals surface area contributed by atoms with Crippen molar-refractivity contribution < 1.29 is 14.7 Å². The summed E-state index contributed by atoms with van der Waals surface area (Å²) in [5.74, 6) is -0.754. The van der Waals surface area contributed by atoms with Crippen molar-refractivity contribution >= 4 is 11.9 Å². The number of hydrogen-bond acceptors (Lipinski definition) is 3. The fraction of sp³-hybridized carbons (Fsp3) is 0.348. The zero-order chi connectivity index (χ0) is 21.0. The summed E-state index contributed by atoms with van der Waals surface area (Å²) in [7, 11) is 0. The van der Waals surface area contributed by atoms with Gasteiger partial charge in [0.2, 0.25) is 0 Å². The van der Waals surface area contributed by atoms with Gasteiger partial charge in [0.1, 0.15) is 0 Å². The molecular formula is C23H27N3O3. The number of allylic oxidation sites excluding steroid dienone is 4. The van der Waals surface area contributed by atoms with Crippen molar-refractivity contribution in [1.29, 1.82) is 0 Å². The zero-order valence-electron chi connectivity index (χ0n) is 17.1. The first-order chi connectivity index (χ1) is 13.8. The number of hydrogen-bond donors (Lipinski definition) is 2. The van der Waals surface area contributed by atoms with E-state index in [1.165, 1.54) is 5.57 Å². The lowest BCUT2D eigenvalue weighted by molar-refractivity contribution is -0.136. The first-order valence-electron chi connectivity index (χ1n) is 9.88. The molecule has 0 atom stereocenters. The predicted octanol–water partition coefficient (Wildman–Crippen LogP) is 3.98. The first kappa shape index (κ1) is 20.6. The Balaban J connectivity index is 1.73. The van der Waals surface area contributed by atoms with Crippen LogP contribution in [0.4, 0.5) is 0 Å². The number of rotatable bonds is 7. The van der Waals surface area contributed by atoms with Crippen LogP contribution in [0.3, 0.4) is 0 Å². The van der Waals surface area contributed by atoms with E-state index in [0.717, 1.165) is 35.5 Å². The monoisotopic (exact) mass is 393 g/mol. The average Bonchev–Trinajstić information content (AvgIpc) is 2.98. The van der Waals surface area contributed by atoms with Crippen LogP contribution in [0.25, 0.3) is 0 Å². The molecule has 0 saturated heterocycles. The van der Waals surface area contributed by atoms with Gasteiger partial charge in [-0.3, -0.25) is 14.3 Å². The van der Waals surface area contributed by atoms with Crippen molar-refractivity contribution in [2.45, 2.75) is 52.5 Å². The minimum atomic E-state index is -0.840. The Morgan fingerprint density at radius 1 is 1.17 bits per heavy atom. The molecule has 0 fully saturated rings. The molecule has 2 aromatic rings. The second kappa shape index (κ2) is 8.90. The molecule has 0 spiro atoms. The van der Waals surface area contributed by atoms with Gasteiger partial charge in [-0.25, -0.2) is 0 Å². The summed E-state index contributed by atoms with van der Waals surface area (Å²) in [6, 6.07) is 9.17. The van der Waals surface area contributed by atoms with Gasteiger partial charge >= 0.3 is 5.97 Å². The summed E-state index contributed by atoms with van der Waals surface area (Å²) in [5, 5.41) is 16.8. The Kier molecular flexibility index (Phi) is 6.32. The smallest absolute Gasteiger partial charge is 0.307 e. The van der Waals surface area contributed by atoms with Crippen LogP contribution < -0.4 is 5.32 Å². The largest absolute Gasteiger partial charge is 0.481 e. The summed E-state index contributed by atoms with van der Waals surface area (Å²) in [6.45, 7) is 6.62. The van der Waals surface area contributed by atoms with Crippen molar-refractivity contribution in [1.82, 2.24) is 15.1 Å². The van der Waals surface area contributed by atoms with Crippen molar-refractivity contribution in [3.8, 4) is 0 Å². The van der Waals surface area contributed by atoms with Gasteiger partial charge in [-0.2, -0.15) is 5.10 Å². The standard InChI is InChI=1S/C23H27N3O3/c1-15(2)22-20(13-21(27)28)16(3)25-26(22)14-17-9-11-19(12-10-17)24-23(29)18-7-5-4-6-8-18/h4-9,11,15H,10,12-14H2,1-3H3,(H,24,29)(H,27,28). The maximum atomic E-state index is 12.3. The second-order valence-corrected chi connectivity index (χ2v) is 7.67. The quantitative estimate of drug-likeness (QED) is 0.745. The number of aliphatic carboxylic acids is 1. The van der Waals surface area contributed by atoms with Crippen LogP contribution in [-0.2, 0) is 17.8 Å². The van der Waals surface area contributed by atoms with Gasteiger partial charge < -0.3 is 10.4 Å². The third kappa shape index (κ3) is 5.02. The SMILES string of the molecule is Cc1nn(CC2=CC=C(NC(=O)c3ccccc3)CC2)c(C(C)C)c1CC(=O)O. The molecule has 152 valence electrons. The van der Waals surface area contributed by atoms with Crippen molar-refractivity contribution in [2.75, 3.05) is 0 Å². The summed E-state index contributed by atoms with van der Waals surface area (Å²) < 4.78 is 1.94. The third-order valence-electron chi connectivity index (χ3n) is 5.07. The van der Waals surface area contributed by atoms with E-state index in [-0.39, 0.29) is 18.2 Å². The van der Waals surface area contributed by atoms with E-state index in [2.05, 4.69) is 24.3 Å². The Morgan fingerprint density at radius 3 is 2.48 bits per heavy atom. The number of aryl methyl sites for hydroxylation is 1. The van der Waals surface area contributed by atoms with Gasteiger partial charge in [0.15, 0.2) is 0 Å². The van der Waals surface area contributed by atoms with Gasteiger partial charge in [0, 0.05) is 22.5 Å². The molecule has 3 rings (SSSR count). The molecule has 1 amide bonds. The van der Waals surface area contributed by atoms with E-state index in [0.29, 0.717) is 12.1 Å². The van der Waals surface area contributed by atoms with E-state index < -0.39 is 5.97 Å². The lowest BCUT2D eigenvalue weighted by atomic mass is 9.99. The van der Waals surface area contributed by atoms with E-state index in [9.17, 15) is 14.7 Å². The minimum Gasteiger partial charge on any atom is -0.481 e. The highest BCUT2D eigenvalue weighted by atomic mass is 16.4. The molecule has 0 bridgehead atoms. The van der Waals surface area contributed by atoms with Gasteiger partial charge in [-0.1, -0.05) is 38.1 Å². The zero-order valence-corrected chi connectivity index (χ0v) is 17.1. The number of nitrogens with one attached hydrogen (secondary N) is 1. The van der Waals surface area contributed by atoms with Crippen LogP contribution in [0.2, 0.25) is 0 Å². The van der Waals surface area contributed by atoms with Crippen LogP contribution in [0.1, 0.15) is 59.9 Å². The number of benzene rings is 1. The Labute approximate surface area is 170 Å². The molecule has 1 aromatic carbocycles. The maximum Gasteiger partial charge on any atom is 0.307 e. The van der Waals surface area contributed by atoms with Gasteiger partial charge in [0.25, 0.3) is 5.91 Å². The molecule has 1 aliphatic carbocycles. The number of carboxylic acids is 1. The molecule has 29 heavy (non-hydrogen) atoms. The summed E-state index contributed by atoms with van der Waals surface area (Å²) >= 11 is 0.